The van der Waals surface area contributed by atoms with E-state index in [1.54, 1.807) is 18.4 Å². The Kier molecular flexibility index (Phi) is 2.01. The second kappa shape index (κ2) is 3.39. The minimum Gasteiger partial charge on any atom is -0.495 e. The Bertz CT molecular complexity index is 672. The molecule has 0 saturated carbocycles. The Morgan fingerprint density at radius 1 is 1.12 bits per heavy atom. The molecular weight excluding hydrogens is 218 g/mol. The molecule has 0 aliphatic carbocycles. The highest BCUT2D eigenvalue weighted by atomic mass is 32.1. The van der Waals surface area contributed by atoms with E-state index in [0.717, 1.165) is 16.1 Å². The minimum atomic E-state index is 0.743. The van der Waals surface area contributed by atoms with Crippen LogP contribution in [0.3, 0.4) is 0 Å². The molecule has 1 heterocycles. The van der Waals surface area contributed by atoms with E-state index < -0.39 is 0 Å². The number of hydrogen-bond donors (Lipinski definition) is 1. The lowest BCUT2D eigenvalue weighted by Gasteiger charge is -2.02. The molecule has 0 bridgehead atoms. The van der Waals surface area contributed by atoms with Crippen LogP contribution in [0.25, 0.3) is 20.2 Å². The Labute approximate surface area is 97.3 Å². The molecule has 3 heteroatoms. The van der Waals surface area contributed by atoms with Gasteiger partial charge in [-0.05, 0) is 12.1 Å². The van der Waals surface area contributed by atoms with Gasteiger partial charge in [0.2, 0.25) is 0 Å². The van der Waals surface area contributed by atoms with Gasteiger partial charge in [-0.2, -0.15) is 0 Å². The standard InChI is InChI=1S/C13H11NOS/c1-15-11-7-8(14)6-10-9-4-2-3-5-12(9)16-13(10)11/h2-7H,14H2,1H3. The lowest BCUT2D eigenvalue weighted by Crippen LogP contribution is -1.87. The monoisotopic (exact) mass is 229 g/mol. The van der Waals surface area contributed by atoms with E-state index in [9.17, 15) is 0 Å². The maximum absolute atomic E-state index is 5.88. The van der Waals surface area contributed by atoms with Crippen molar-refractivity contribution in [1.29, 1.82) is 0 Å². The first-order valence-corrected chi connectivity index (χ1v) is 5.86. The predicted octanol–water partition coefficient (Wildman–Crippen LogP) is 3.65. The fourth-order valence-electron chi connectivity index (χ4n) is 1.97. The fourth-order valence-corrected chi connectivity index (χ4v) is 3.14. The van der Waals surface area contributed by atoms with Crippen LogP contribution in [-0.2, 0) is 0 Å². The summed E-state index contributed by atoms with van der Waals surface area (Å²) >= 11 is 1.74. The molecule has 0 amide bonds. The van der Waals surface area contributed by atoms with Crippen LogP contribution in [0, 0.1) is 0 Å². The predicted molar refractivity (Wildman–Crippen MR) is 70.3 cm³/mol. The number of nitrogen functional groups attached to an aromatic ring is 1. The average molecular weight is 229 g/mol. The van der Waals surface area contributed by atoms with Gasteiger partial charge in [0, 0.05) is 27.2 Å². The number of hydrogen-bond acceptors (Lipinski definition) is 3. The molecule has 2 N–H and O–H groups in total. The summed E-state index contributed by atoms with van der Waals surface area (Å²) in [6.07, 6.45) is 0. The van der Waals surface area contributed by atoms with Crippen LogP contribution in [0.15, 0.2) is 36.4 Å². The molecule has 0 atom stereocenters. The van der Waals surface area contributed by atoms with Gasteiger partial charge in [-0.3, -0.25) is 0 Å². The van der Waals surface area contributed by atoms with Crippen molar-refractivity contribution < 1.29 is 4.74 Å². The van der Waals surface area contributed by atoms with Gasteiger partial charge >= 0.3 is 0 Å². The highest BCUT2D eigenvalue weighted by Crippen LogP contribution is 2.40. The van der Waals surface area contributed by atoms with Gasteiger partial charge in [-0.25, -0.2) is 0 Å². The van der Waals surface area contributed by atoms with Gasteiger partial charge in [0.1, 0.15) is 5.75 Å². The molecule has 0 spiro atoms. The maximum atomic E-state index is 5.88. The zero-order valence-corrected chi connectivity index (χ0v) is 9.67. The number of benzene rings is 2. The fraction of sp³-hybridized carbons (Fsp3) is 0.0769. The summed E-state index contributed by atoms with van der Waals surface area (Å²) < 4.78 is 7.80. The Balaban J connectivity index is 2.54. The zero-order valence-electron chi connectivity index (χ0n) is 8.86. The van der Waals surface area contributed by atoms with Crippen molar-refractivity contribution in [2.24, 2.45) is 0 Å². The van der Waals surface area contributed by atoms with Crippen molar-refractivity contribution in [3.63, 3.8) is 0 Å². The summed E-state index contributed by atoms with van der Waals surface area (Å²) in [7, 11) is 1.68. The molecule has 0 saturated heterocycles. The lowest BCUT2D eigenvalue weighted by molar-refractivity contribution is 0.420. The number of ether oxygens (including phenoxy) is 1. The van der Waals surface area contributed by atoms with Crippen LogP contribution in [0.5, 0.6) is 5.75 Å². The van der Waals surface area contributed by atoms with E-state index >= 15 is 0 Å². The van der Waals surface area contributed by atoms with Gasteiger partial charge in [0.15, 0.2) is 0 Å². The summed E-state index contributed by atoms with van der Waals surface area (Å²) in [6.45, 7) is 0. The number of rotatable bonds is 1. The first kappa shape index (κ1) is 9.48. The molecule has 0 fully saturated rings. The first-order valence-electron chi connectivity index (χ1n) is 5.04. The van der Waals surface area contributed by atoms with Crippen LogP contribution in [0.4, 0.5) is 5.69 Å². The maximum Gasteiger partial charge on any atom is 0.138 e. The largest absolute Gasteiger partial charge is 0.495 e. The van der Waals surface area contributed by atoms with Crippen molar-refractivity contribution in [3.05, 3.63) is 36.4 Å². The van der Waals surface area contributed by atoms with E-state index in [1.165, 1.54) is 15.5 Å². The number of fused-ring (bicyclic) bond motifs is 3. The molecule has 16 heavy (non-hydrogen) atoms. The van der Waals surface area contributed by atoms with E-state index in [0.29, 0.717) is 0 Å². The van der Waals surface area contributed by atoms with E-state index in [2.05, 4.69) is 12.1 Å². The molecule has 0 radical (unpaired) electrons. The number of methoxy groups -OCH3 is 1. The molecule has 3 aromatic rings. The van der Waals surface area contributed by atoms with Crippen molar-refractivity contribution >= 4 is 37.2 Å². The average Bonchev–Trinajstić information content (AvgIpc) is 2.67. The molecule has 1 aromatic heterocycles. The highest BCUT2D eigenvalue weighted by molar-refractivity contribution is 7.26. The Morgan fingerprint density at radius 2 is 1.94 bits per heavy atom. The molecule has 2 nitrogen and oxygen atoms in total. The number of thiophene rings is 1. The highest BCUT2D eigenvalue weighted by Gasteiger charge is 2.09. The van der Waals surface area contributed by atoms with Crippen LogP contribution >= 0.6 is 11.3 Å². The van der Waals surface area contributed by atoms with Crippen LogP contribution < -0.4 is 10.5 Å². The van der Waals surface area contributed by atoms with Gasteiger partial charge in [-0.1, -0.05) is 18.2 Å². The van der Waals surface area contributed by atoms with E-state index in [-0.39, 0.29) is 0 Å². The SMILES string of the molecule is COc1cc(N)cc2c1sc1ccccc12. The van der Waals surface area contributed by atoms with Crippen molar-refractivity contribution in [1.82, 2.24) is 0 Å². The number of nitrogens with two attached hydrogens (primary N) is 1. The molecule has 3 rings (SSSR count). The Morgan fingerprint density at radius 3 is 2.75 bits per heavy atom. The third-order valence-electron chi connectivity index (χ3n) is 2.69. The van der Waals surface area contributed by atoms with Crippen molar-refractivity contribution in [2.75, 3.05) is 12.8 Å². The van der Waals surface area contributed by atoms with Gasteiger partial charge in [0.25, 0.3) is 0 Å². The van der Waals surface area contributed by atoms with E-state index in [4.69, 9.17) is 10.5 Å². The quantitative estimate of drug-likeness (QED) is 0.646. The zero-order chi connectivity index (χ0) is 11.1. The summed E-state index contributed by atoms with van der Waals surface area (Å²) in [5.41, 5.74) is 6.62. The van der Waals surface area contributed by atoms with Crippen molar-refractivity contribution in [2.45, 2.75) is 0 Å². The first-order chi connectivity index (χ1) is 7.79. The van der Waals surface area contributed by atoms with Gasteiger partial charge < -0.3 is 10.5 Å². The second-order valence-corrected chi connectivity index (χ2v) is 4.75. The van der Waals surface area contributed by atoms with Gasteiger partial charge in [-0.15, -0.1) is 11.3 Å². The summed E-state index contributed by atoms with van der Waals surface area (Å²) in [6, 6.07) is 12.2. The third kappa shape index (κ3) is 1.25. The van der Waals surface area contributed by atoms with E-state index in [1.807, 2.05) is 24.3 Å². The second-order valence-electron chi connectivity index (χ2n) is 3.70. The van der Waals surface area contributed by atoms with Gasteiger partial charge in [0.05, 0.1) is 11.8 Å². The van der Waals surface area contributed by atoms with Crippen LogP contribution in [-0.4, -0.2) is 7.11 Å². The molecule has 2 aromatic carbocycles. The number of anilines is 1. The molecule has 80 valence electrons. The third-order valence-corrected chi connectivity index (χ3v) is 3.89. The topological polar surface area (TPSA) is 35.2 Å². The molecular formula is C13H11NOS. The lowest BCUT2D eigenvalue weighted by atomic mass is 10.1. The minimum absolute atomic E-state index is 0.743. The molecule has 0 aliphatic rings. The summed E-state index contributed by atoms with van der Waals surface area (Å²) in [5, 5.41) is 2.42. The van der Waals surface area contributed by atoms with Crippen LogP contribution in [0.2, 0.25) is 0 Å². The normalized spacial score (nSPS) is 11.1. The molecule has 0 unspecified atom stereocenters. The van der Waals surface area contributed by atoms with Crippen LogP contribution in [0.1, 0.15) is 0 Å². The Hall–Kier alpha value is -1.74. The summed E-state index contributed by atoms with van der Waals surface area (Å²) in [5.74, 6) is 0.858. The smallest absolute Gasteiger partial charge is 0.138 e. The molecule has 0 aliphatic heterocycles. The van der Waals surface area contributed by atoms with Crippen molar-refractivity contribution in [3.8, 4) is 5.75 Å². The summed E-state index contributed by atoms with van der Waals surface area (Å²) in [4.78, 5) is 0.